The predicted molar refractivity (Wildman–Crippen MR) is 122 cm³/mol. The van der Waals surface area contributed by atoms with E-state index in [1.807, 2.05) is 50.2 Å². The molecule has 0 saturated carbocycles. The maximum atomic E-state index is 13.0. The van der Waals surface area contributed by atoms with Crippen molar-refractivity contribution in [3.05, 3.63) is 69.2 Å². The Hall–Kier alpha value is -1.69. The summed E-state index contributed by atoms with van der Waals surface area (Å²) in [5, 5.41) is 3.81. The van der Waals surface area contributed by atoms with Crippen LogP contribution in [0.25, 0.3) is 0 Å². The third-order valence-electron chi connectivity index (χ3n) is 4.47. The molecule has 29 heavy (non-hydrogen) atoms. The molecule has 1 N–H and O–H groups in total. The minimum atomic E-state index is -0.547. The first-order valence-electron chi connectivity index (χ1n) is 9.46. The molecule has 0 heterocycles. The summed E-state index contributed by atoms with van der Waals surface area (Å²) in [5.74, 6) is 0.684. The number of thioether (sulfide) groups is 1. The maximum absolute atomic E-state index is 13.0. The summed E-state index contributed by atoms with van der Waals surface area (Å²) in [6.07, 6.45) is 0. The number of amides is 2. The number of carbonyl (C=O) groups excluding carboxylic acids is 2. The fourth-order valence-electron chi connectivity index (χ4n) is 2.76. The largest absolute Gasteiger partial charge is 0.355 e. The highest BCUT2D eigenvalue weighted by atomic mass is 35.5. The number of hydrogen-bond acceptors (Lipinski definition) is 3. The fourth-order valence-corrected chi connectivity index (χ4v) is 3.94. The second-order valence-electron chi connectivity index (χ2n) is 6.82. The van der Waals surface area contributed by atoms with E-state index in [4.69, 9.17) is 23.2 Å². The van der Waals surface area contributed by atoms with Gasteiger partial charge in [-0.3, -0.25) is 9.59 Å². The predicted octanol–water partition coefficient (Wildman–Crippen LogP) is 5.09. The molecule has 2 aromatic rings. The molecule has 0 aliphatic carbocycles. The number of likely N-dealkylation sites (N-methyl/N-ethyl adjacent to an activating group) is 1. The van der Waals surface area contributed by atoms with Gasteiger partial charge in [0.25, 0.3) is 0 Å². The van der Waals surface area contributed by atoms with Gasteiger partial charge in [0.2, 0.25) is 11.8 Å². The molecule has 1 unspecified atom stereocenters. The van der Waals surface area contributed by atoms with Gasteiger partial charge in [0.1, 0.15) is 6.04 Å². The van der Waals surface area contributed by atoms with Gasteiger partial charge >= 0.3 is 0 Å². The Morgan fingerprint density at radius 2 is 1.72 bits per heavy atom. The van der Waals surface area contributed by atoms with E-state index in [0.29, 0.717) is 28.9 Å². The van der Waals surface area contributed by atoms with Gasteiger partial charge in [-0.1, -0.05) is 59.1 Å². The highest BCUT2D eigenvalue weighted by molar-refractivity contribution is 7.99. The second kappa shape index (κ2) is 11.5. The Morgan fingerprint density at radius 3 is 2.34 bits per heavy atom. The summed E-state index contributed by atoms with van der Waals surface area (Å²) in [4.78, 5) is 26.9. The average Bonchev–Trinajstić information content (AvgIpc) is 2.69. The number of carbonyl (C=O) groups is 2. The number of benzene rings is 2. The molecule has 2 rings (SSSR count). The van der Waals surface area contributed by atoms with Crippen molar-refractivity contribution in [2.45, 2.75) is 39.1 Å². The van der Waals surface area contributed by atoms with Crippen LogP contribution >= 0.6 is 35.0 Å². The van der Waals surface area contributed by atoms with E-state index >= 15 is 0 Å². The first-order valence-corrected chi connectivity index (χ1v) is 11.4. The van der Waals surface area contributed by atoms with Crippen molar-refractivity contribution >= 4 is 46.8 Å². The van der Waals surface area contributed by atoms with Gasteiger partial charge in [0.15, 0.2) is 0 Å². The van der Waals surface area contributed by atoms with Gasteiger partial charge in [0.05, 0.1) is 15.8 Å². The van der Waals surface area contributed by atoms with E-state index in [-0.39, 0.29) is 17.6 Å². The number of halogens is 2. The molecule has 0 bridgehead atoms. The monoisotopic (exact) mass is 452 g/mol. The highest BCUT2D eigenvalue weighted by Gasteiger charge is 2.25. The summed E-state index contributed by atoms with van der Waals surface area (Å²) in [5.41, 5.74) is 3.15. The Morgan fingerprint density at radius 1 is 1.07 bits per heavy atom. The van der Waals surface area contributed by atoms with Crippen LogP contribution in [-0.2, 0) is 21.9 Å². The van der Waals surface area contributed by atoms with Crippen molar-refractivity contribution in [3.63, 3.8) is 0 Å². The summed E-state index contributed by atoms with van der Waals surface area (Å²) in [6, 6.07) is 12.9. The number of rotatable bonds is 9. The summed E-state index contributed by atoms with van der Waals surface area (Å²) in [6.45, 7) is 6.57. The van der Waals surface area contributed by atoms with Crippen LogP contribution in [0, 0.1) is 6.92 Å². The van der Waals surface area contributed by atoms with Crippen molar-refractivity contribution in [1.82, 2.24) is 10.2 Å². The lowest BCUT2D eigenvalue weighted by Crippen LogP contribution is -2.48. The quantitative estimate of drug-likeness (QED) is 0.576. The first kappa shape index (κ1) is 23.6. The lowest BCUT2D eigenvalue weighted by Gasteiger charge is -2.28. The molecule has 4 nitrogen and oxygen atoms in total. The van der Waals surface area contributed by atoms with Crippen LogP contribution in [0.5, 0.6) is 0 Å². The molecule has 1 atom stereocenters. The number of nitrogens with zero attached hydrogens (tertiary/aromatic N) is 1. The van der Waals surface area contributed by atoms with Crippen LogP contribution in [0.4, 0.5) is 0 Å². The number of nitrogens with one attached hydrogen (secondary N) is 1. The molecule has 2 aromatic carbocycles. The smallest absolute Gasteiger partial charge is 0.242 e. The van der Waals surface area contributed by atoms with Gasteiger partial charge in [-0.05, 0) is 44.0 Å². The van der Waals surface area contributed by atoms with Crippen LogP contribution < -0.4 is 5.32 Å². The zero-order valence-corrected chi connectivity index (χ0v) is 19.2. The molecular weight excluding hydrogens is 427 g/mol. The summed E-state index contributed by atoms with van der Waals surface area (Å²) >= 11 is 13.5. The van der Waals surface area contributed by atoms with Crippen molar-refractivity contribution in [3.8, 4) is 0 Å². The van der Waals surface area contributed by atoms with Crippen molar-refractivity contribution in [2.24, 2.45) is 0 Å². The van der Waals surface area contributed by atoms with E-state index in [1.165, 1.54) is 11.8 Å². The molecule has 0 aliphatic rings. The van der Waals surface area contributed by atoms with Crippen LogP contribution in [0.15, 0.2) is 42.5 Å². The van der Waals surface area contributed by atoms with Crippen LogP contribution in [0.2, 0.25) is 10.0 Å². The third-order valence-corrected chi connectivity index (χ3v) is 6.20. The normalized spacial score (nSPS) is 11.8. The van der Waals surface area contributed by atoms with Crippen LogP contribution in [0.1, 0.15) is 30.5 Å². The van der Waals surface area contributed by atoms with E-state index in [0.717, 1.165) is 16.7 Å². The lowest BCUT2D eigenvalue weighted by molar-refractivity contribution is -0.138. The number of hydrogen-bond donors (Lipinski definition) is 1. The first-order chi connectivity index (χ1) is 13.8. The van der Waals surface area contributed by atoms with Crippen molar-refractivity contribution in [2.75, 3.05) is 12.3 Å². The molecule has 0 aliphatic heterocycles. The molecular formula is C22H26Cl2N2O2S. The van der Waals surface area contributed by atoms with Gasteiger partial charge in [0, 0.05) is 18.8 Å². The summed E-state index contributed by atoms with van der Waals surface area (Å²) < 4.78 is 0. The van der Waals surface area contributed by atoms with Crippen LogP contribution in [0.3, 0.4) is 0 Å². The SMILES string of the molecule is CCNC(=O)C(C)N(Cc1ccc(C)cc1)C(=O)CSCc1ccc(Cl)c(Cl)c1. The Labute approximate surface area is 187 Å². The van der Waals surface area contributed by atoms with Gasteiger partial charge in [-0.2, -0.15) is 0 Å². The Bertz CT molecular complexity index is 843. The molecule has 0 saturated heterocycles. The minimum absolute atomic E-state index is 0.0746. The topological polar surface area (TPSA) is 49.4 Å². The fraction of sp³-hybridized carbons (Fsp3) is 0.364. The summed E-state index contributed by atoms with van der Waals surface area (Å²) in [7, 11) is 0. The Kier molecular flexibility index (Phi) is 9.34. The van der Waals surface area contributed by atoms with E-state index < -0.39 is 6.04 Å². The molecule has 0 spiro atoms. The van der Waals surface area contributed by atoms with Crippen molar-refractivity contribution in [1.29, 1.82) is 0 Å². The molecule has 7 heteroatoms. The van der Waals surface area contributed by atoms with Gasteiger partial charge < -0.3 is 10.2 Å². The second-order valence-corrected chi connectivity index (χ2v) is 8.62. The molecule has 0 radical (unpaired) electrons. The van der Waals surface area contributed by atoms with E-state index in [9.17, 15) is 9.59 Å². The molecule has 0 aromatic heterocycles. The Balaban J connectivity index is 2.05. The van der Waals surface area contributed by atoms with Crippen LogP contribution in [-0.4, -0.2) is 35.1 Å². The zero-order valence-electron chi connectivity index (χ0n) is 16.9. The molecule has 0 fully saturated rings. The highest BCUT2D eigenvalue weighted by Crippen LogP contribution is 2.25. The maximum Gasteiger partial charge on any atom is 0.242 e. The van der Waals surface area contributed by atoms with E-state index in [1.54, 1.807) is 17.9 Å². The molecule has 156 valence electrons. The van der Waals surface area contributed by atoms with Crippen molar-refractivity contribution < 1.29 is 9.59 Å². The average molecular weight is 453 g/mol. The third kappa shape index (κ3) is 7.25. The van der Waals surface area contributed by atoms with Gasteiger partial charge in [-0.25, -0.2) is 0 Å². The van der Waals surface area contributed by atoms with E-state index in [2.05, 4.69) is 5.32 Å². The number of aryl methyl sites for hydroxylation is 1. The minimum Gasteiger partial charge on any atom is -0.355 e. The molecule has 2 amide bonds. The lowest BCUT2D eigenvalue weighted by atomic mass is 10.1. The standard InChI is InChI=1S/C22H26Cl2N2O2S/c1-4-25-22(28)16(3)26(12-17-7-5-15(2)6-8-17)21(27)14-29-13-18-9-10-19(23)20(24)11-18/h5-11,16H,4,12-14H2,1-3H3,(H,25,28). The zero-order chi connectivity index (χ0) is 21.4. The van der Waals surface area contributed by atoms with Gasteiger partial charge in [-0.15, -0.1) is 11.8 Å².